The monoisotopic (exact) mass is 288 g/mol. The SMILES string of the molecule is CCCC(CCC)C(Cl)c1cc(Cl)ccc1OC. The number of rotatable bonds is 7. The van der Waals surface area contributed by atoms with Crippen molar-refractivity contribution in [3.63, 3.8) is 0 Å². The van der Waals surface area contributed by atoms with Gasteiger partial charge >= 0.3 is 0 Å². The number of hydrogen-bond donors (Lipinski definition) is 0. The van der Waals surface area contributed by atoms with Crippen molar-refractivity contribution < 1.29 is 4.74 Å². The molecule has 0 saturated carbocycles. The summed E-state index contributed by atoms with van der Waals surface area (Å²) in [4.78, 5) is 0. The first-order chi connectivity index (χ1) is 8.63. The zero-order valence-electron chi connectivity index (χ0n) is 11.4. The molecule has 0 heterocycles. The first-order valence-electron chi connectivity index (χ1n) is 6.61. The van der Waals surface area contributed by atoms with Crippen LogP contribution in [-0.2, 0) is 0 Å². The Hall–Kier alpha value is -0.400. The largest absolute Gasteiger partial charge is 0.496 e. The molecule has 0 aliphatic rings. The van der Waals surface area contributed by atoms with Crippen molar-refractivity contribution in [2.45, 2.75) is 44.9 Å². The minimum atomic E-state index is -0.0291. The van der Waals surface area contributed by atoms with Gasteiger partial charge in [-0.25, -0.2) is 0 Å². The number of hydrogen-bond acceptors (Lipinski definition) is 1. The van der Waals surface area contributed by atoms with Crippen LogP contribution >= 0.6 is 23.2 Å². The lowest BCUT2D eigenvalue weighted by Crippen LogP contribution is -2.09. The summed E-state index contributed by atoms with van der Waals surface area (Å²) < 4.78 is 5.38. The third kappa shape index (κ3) is 4.07. The third-order valence-corrected chi connectivity index (χ3v) is 4.05. The first kappa shape index (κ1) is 15.7. The van der Waals surface area contributed by atoms with Gasteiger partial charge < -0.3 is 4.74 Å². The number of methoxy groups -OCH3 is 1. The molecule has 0 amide bonds. The maximum atomic E-state index is 6.65. The lowest BCUT2D eigenvalue weighted by Gasteiger charge is -2.23. The van der Waals surface area contributed by atoms with E-state index >= 15 is 0 Å². The van der Waals surface area contributed by atoms with E-state index in [1.54, 1.807) is 7.11 Å². The Labute approximate surface area is 120 Å². The summed E-state index contributed by atoms with van der Waals surface area (Å²) in [7, 11) is 1.67. The normalized spacial score (nSPS) is 12.8. The molecule has 1 rings (SSSR count). The maximum absolute atomic E-state index is 6.65. The Kier molecular flexibility index (Phi) is 6.88. The van der Waals surface area contributed by atoms with Crippen LogP contribution in [0.15, 0.2) is 18.2 Å². The summed E-state index contributed by atoms with van der Waals surface area (Å²) in [5, 5.41) is 0.682. The molecule has 0 spiro atoms. The molecule has 1 nitrogen and oxygen atoms in total. The number of ether oxygens (including phenoxy) is 1. The quantitative estimate of drug-likeness (QED) is 0.572. The Balaban J connectivity index is 2.98. The number of benzene rings is 1. The molecule has 0 bridgehead atoms. The van der Waals surface area contributed by atoms with Crippen molar-refractivity contribution in [3.8, 4) is 5.75 Å². The van der Waals surface area contributed by atoms with Crippen molar-refractivity contribution in [1.82, 2.24) is 0 Å². The van der Waals surface area contributed by atoms with Crippen LogP contribution in [0.5, 0.6) is 5.75 Å². The van der Waals surface area contributed by atoms with Crippen molar-refractivity contribution in [3.05, 3.63) is 28.8 Å². The predicted octanol–water partition coefficient (Wildman–Crippen LogP) is 5.84. The molecule has 0 aliphatic carbocycles. The lowest BCUT2D eigenvalue weighted by molar-refractivity contribution is 0.388. The van der Waals surface area contributed by atoms with Gasteiger partial charge in [-0.3, -0.25) is 0 Å². The molecular formula is C15H22Cl2O. The third-order valence-electron chi connectivity index (χ3n) is 3.22. The van der Waals surface area contributed by atoms with Crippen molar-refractivity contribution in [2.75, 3.05) is 7.11 Å². The van der Waals surface area contributed by atoms with Crippen LogP contribution in [0.2, 0.25) is 5.02 Å². The van der Waals surface area contributed by atoms with Gasteiger partial charge in [-0.2, -0.15) is 0 Å². The second kappa shape index (κ2) is 7.91. The maximum Gasteiger partial charge on any atom is 0.123 e. The Morgan fingerprint density at radius 1 is 1.17 bits per heavy atom. The zero-order chi connectivity index (χ0) is 13.5. The summed E-state index contributed by atoms with van der Waals surface area (Å²) >= 11 is 12.7. The van der Waals surface area contributed by atoms with E-state index in [-0.39, 0.29) is 5.38 Å². The van der Waals surface area contributed by atoms with Gasteiger partial charge in [0.2, 0.25) is 0 Å². The highest BCUT2D eigenvalue weighted by Crippen LogP contribution is 2.40. The molecule has 0 aliphatic heterocycles. The molecule has 0 fully saturated rings. The van der Waals surface area contributed by atoms with E-state index in [9.17, 15) is 0 Å². The average Bonchev–Trinajstić information content (AvgIpc) is 2.37. The second-order valence-electron chi connectivity index (χ2n) is 4.63. The van der Waals surface area contributed by atoms with Gasteiger partial charge in [-0.15, -0.1) is 11.6 Å². The van der Waals surface area contributed by atoms with E-state index in [1.165, 1.54) is 0 Å². The van der Waals surface area contributed by atoms with Gasteiger partial charge in [0.25, 0.3) is 0 Å². The van der Waals surface area contributed by atoms with Crippen LogP contribution in [-0.4, -0.2) is 7.11 Å². The molecule has 0 aromatic heterocycles. The van der Waals surface area contributed by atoms with E-state index in [0.717, 1.165) is 37.0 Å². The van der Waals surface area contributed by atoms with Crippen molar-refractivity contribution in [1.29, 1.82) is 0 Å². The molecule has 1 atom stereocenters. The van der Waals surface area contributed by atoms with Crippen LogP contribution in [0.1, 0.15) is 50.5 Å². The highest BCUT2D eigenvalue weighted by Gasteiger charge is 2.22. The highest BCUT2D eigenvalue weighted by atomic mass is 35.5. The topological polar surface area (TPSA) is 9.23 Å². The molecule has 0 N–H and O–H groups in total. The molecule has 1 aromatic rings. The van der Waals surface area contributed by atoms with Gasteiger partial charge in [0.15, 0.2) is 0 Å². The standard InChI is InChI=1S/C15H22Cl2O/c1-4-6-11(7-5-2)15(17)13-10-12(16)8-9-14(13)18-3/h8-11,15H,4-7H2,1-3H3. The number of alkyl halides is 1. The molecule has 0 radical (unpaired) electrons. The van der Waals surface area contributed by atoms with Crippen LogP contribution in [0.25, 0.3) is 0 Å². The van der Waals surface area contributed by atoms with Gasteiger partial charge in [0.05, 0.1) is 12.5 Å². The van der Waals surface area contributed by atoms with E-state index in [4.69, 9.17) is 27.9 Å². The molecule has 3 heteroatoms. The fourth-order valence-electron chi connectivity index (χ4n) is 2.35. The average molecular weight is 289 g/mol. The van der Waals surface area contributed by atoms with Crippen LogP contribution in [0.3, 0.4) is 0 Å². The van der Waals surface area contributed by atoms with Gasteiger partial charge in [0.1, 0.15) is 5.75 Å². The van der Waals surface area contributed by atoms with Crippen molar-refractivity contribution >= 4 is 23.2 Å². The van der Waals surface area contributed by atoms with Crippen LogP contribution in [0.4, 0.5) is 0 Å². The highest BCUT2D eigenvalue weighted by molar-refractivity contribution is 6.31. The summed E-state index contributed by atoms with van der Waals surface area (Å²) in [6.45, 7) is 4.39. The molecule has 1 unspecified atom stereocenters. The van der Waals surface area contributed by atoms with Crippen LogP contribution in [0, 0.1) is 5.92 Å². The molecule has 102 valence electrons. The zero-order valence-corrected chi connectivity index (χ0v) is 12.9. The first-order valence-corrected chi connectivity index (χ1v) is 7.42. The second-order valence-corrected chi connectivity index (χ2v) is 5.53. The molecular weight excluding hydrogens is 267 g/mol. The number of halogens is 2. The lowest BCUT2D eigenvalue weighted by atomic mass is 9.90. The van der Waals surface area contributed by atoms with Gasteiger partial charge in [-0.1, -0.05) is 38.3 Å². The molecule has 0 saturated heterocycles. The summed E-state index contributed by atoms with van der Waals surface area (Å²) in [6.07, 6.45) is 4.57. The fourth-order valence-corrected chi connectivity index (χ4v) is 2.96. The molecule has 18 heavy (non-hydrogen) atoms. The van der Waals surface area contributed by atoms with Crippen molar-refractivity contribution in [2.24, 2.45) is 5.92 Å². The van der Waals surface area contributed by atoms with Crippen LogP contribution < -0.4 is 4.74 Å². The minimum Gasteiger partial charge on any atom is -0.496 e. The van der Waals surface area contributed by atoms with E-state index in [2.05, 4.69) is 13.8 Å². The minimum absolute atomic E-state index is 0.0291. The Morgan fingerprint density at radius 3 is 2.28 bits per heavy atom. The predicted molar refractivity (Wildman–Crippen MR) is 79.9 cm³/mol. The van der Waals surface area contributed by atoms with Gasteiger partial charge in [-0.05, 0) is 37.0 Å². The van der Waals surface area contributed by atoms with E-state index < -0.39 is 0 Å². The summed E-state index contributed by atoms with van der Waals surface area (Å²) in [5.74, 6) is 1.31. The molecule has 1 aromatic carbocycles. The summed E-state index contributed by atoms with van der Waals surface area (Å²) in [5.41, 5.74) is 1.01. The fraction of sp³-hybridized carbons (Fsp3) is 0.600. The Bertz CT molecular complexity index is 360. The van der Waals surface area contributed by atoms with E-state index in [1.807, 2.05) is 18.2 Å². The Morgan fingerprint density at radius 2 is 1.78 bits per heavy atom. The van der Waals surface area contributed by atoms with E-state index in [0.29, 0.717) is 10.9 Å². The summed E-state index contributed by atoms with van der Waals surface area (Å²) in [6, 6.07) is 5.65. The smallest absolute Gasteiger partial charge is 0.123 e. The van der Waals surface area contributed by atoms with Gasteiger partial charge in [0, 0.05) is 10.6 Å².